The van der Waals surface area contributed by atoms with Gasteiger partial charge in [-0.1, -0.05) is 71.7 Å². The number of carbonyl (C=O) groups excluding carboxylic acids is 3. The van der Waals surface area contributed by atoms with E-state index >= 15 is 0 Å². The summed E-state index contributed by atoms with van der Waals surface area (Å²) in [5.41, 5.74) is 2.32. The minimum Gasteiger partial charge on any atom is -0.324 e. The molecule has 0 bridgehead atoms. The molecule has 9 heteroatoms. The summed E-state index contributed by atoms with van der Waals surface area (Å²) in [6, 6.07) is 29.9. The normalized spacial score (nSPS) is 11.8. The van der Waals surface area contributed by atoms with Gasteiger partial charge in [-0.05, 0) is 73.2 Å². The molecule has 4 aromatic carbocycles. The number of anilines is 2. The van der Waals surface area contributed by atoms with Crippen LogP contribution in [0.5, 0.6) is 0 Å². The van der Waals surface area contributed by atoms with E-state index in [1.165, 1.54) is 11.8 Å². The number of amides is 3. The predicted molar refractivity (Wildman–Crippen MR) is 164 cm³/mol. The number of rotatable bonds is 9. The third kappa shape index (κ3) is 8.23. The first-order valence-corrected chi connectivity index (χ1v) is 13.9. The summed E-state index contributed by atoms with van der Waals surface area (Å²) in [4.78, 5) is 39.5. The molecule has 0 radical (unpaired) electrons. The van der Waals surface area contributed by atoms with Crippen molar-refractivity contribution in [3.8, 4) is 0 Å². The molecule has 0 aliphatic carbocycles. The molecular formula is C31H25Cl2N3O3S. The fourth-order valence-corrected chi connectivity index (χ4v) is 4.88. The number of hydrogen-bond donors (Lipinski definition) is 3. The van der Waals surface area contributed by atoms with Gasteiger partial charge in [-0.2, -0.15) is 0 Å². The highest BCUT2D eigenvalue weighted by Crippen LogP contribution is 2.29. The first kappa shape index (κ1) is 29.0. The van der Waals surface area contributed by atoms with Gasteiger partial charge in [-0.15, -0.1) is 11.8 Å². The van der Waals surface area contributed by atoms with E-state index in [0.717, 1.165) is 10.5 Å². The number of halogens is 2. The molecule has 4 aromatic rings. The lowest BCUT2D eigenvalue weighted by Gasteiger charge is -2.14. The quantitative estimate of drug-likeness (QED) is 0.139. The zero-order valence-electron chi connectivity index (χ0n) is 21.4. The topological polar surface area (TPSA) is 87.3 Å². The van der Waals surface area contributed by atoms with Gasteiger partial charge in [0, 0.05) is 21.2 Å². The maximum Gasteiger partial charge on any atom is 0.272 e. The zero-order valence-corrected chi connectivity index (χ0v) is 23.7. The van der Waals surface area contributed by atoms with E-state index in [1.54, 1.807) is 67.6 Å². The summed E-state index contributed by atoms with van der Waals surface area (Å²) in [6.45, 7) is 1.79. The Kier molecular flexibility index (Phi) is 10.0. The molecule has 40 heavy (non-hydrogen) atoms. The predicted octanol–water partition coefficient (Wildman–Crippen LogP) is 7.52. The van der Waals surface area contributed by atoms with Crippen LogP contribution < -0.4 is 16.0 Å². The van der Waals surface area contributed by atoms with Crippen molar-refractivity contribution in [2.24, 2.45) is 0 Å². The van der Waals surface area contributed by atoms with Crippen LogP contribution in [0.1, 0.15) is 22.8 Å². The first-order valence-electron chi connectivity index (χ1n) is 12.3. The molecule has 3 N–H and O–H groups in total. The highest BCUT2D eigenvalue weighted by molar-refractivity contribution is 8.00. The van der Waals surface area contributed by atoms with Crippen LogP contribution in [0, 0.1) is 0 Å². The summed E-state index contributed by atoms with van der Waals surface area (Å²) in [6.07, 6.45) is 1.62. The molecule has 0 aliphatic rings. The maximum atomic E-state index is 13.2. The summed E-state index contributed by atoms with van der Waals surface area (Å²) in [7, 11) is 0. The molecule has 0 heterocycles. The van der Waals surface area contributed by atoms with Crippen molar-refractivity contribution >= 4 is 70.1 Å². The Bertz CT molecular complexity index is 1530. The molecule has 6 nitrogen and oxygen atoms in total. The van der Waals surface area contributed by atoms with Gasteiger partial charge in [0.05, 0.1) is 16.0 Å². The smallest absolute Gasteiger partial charge is 0.272 e. The minimum atomic E-state index is -0.471. The highest BCUT2D eigenvalue weighted by atomic mass is 35.5. The van der Waals surface area contributed by atoms with Crippen LogP contribution in [0.2, 0.25) is 10.0 Å². The van der Waals surface area contributed by atoms with E-state index in [4.69, 9.17) is 23.2 Å². The third-order valence-electron chi connectivity index (χ3n) is 5.62. The van der Waals surface area contributed by atoms with Crippen molar-refractivity contribution in [3.63, 3.8) is 0 Å². The average Bonchev–Trinajstić information content (AvgIpc) is 2.96. The lowest BCUT2D eigenvalue weighted by atomic mass is 10.1. The van der Waals surface area contributed by atoms with E-state index in [9.17, 15) is 14.4 Å². The lowest BCUT2D eigenvalue weighted by molar-refractivity contribution is -0.115. The van der Waals surface area contributed by atoms with Crippen LogP contribution in [0.15, 0.2) is 114 Å². The van der Waals surface area contributed by atoms with Crippen LogP contribution in [0.25, 0.3) is 6.08 Å². The molecule has 0 spiro atoms. The van der Waals surface area contributed by atoms with Crippen molar-refractivity contribution < 1.29 is 14.4 Å². The van der Waals surface area contributed by atoms with E-state index in [0.29, 0.717) is 27.0 Å². The molecule has 0 aromatic heterocycles. The van der Waals surface area contributed by atoms with E-state index in [1.807, 2.05) is 48.5 Å². The van der Waals surface area contributed by atoms with Crippen LogP contribution in [0.3, 0.4) is 0 Å². The Balaban J connectivity index is 1.41. The van der Waals surface area contributed by atoms with Gasteiger partial charge < -0.3 is 16.0 Å². The van der Waals surface area contributed by atoms with E-state index < -0.39 is 17.1 Å². The highest BCUT2D eigenvalue weighted by Gasteiger charge is 2.17. The van der Waals surface area contributed by atoms with Crippen LogP contribution in [0.4, 0.5) is 11.4 Å². The number of nitrogens with one attached hydrogen (secondary N) is 3. The minimum absolute atomic E-state index is 0.102. The summed E-state index contributed by atoms with van der Waals surface area (Å²) < 4.78 is 0. The maximum absolute atomic E-state index is 13.2. The Morgan fingerprint density at radius 2 is 1.45 bits per heavy atom. The first-order chi connectivity index (χ1) is 19.3. The molecule has 0 aliphatic heterocycles. The molecule has 202 valence electrons. The largest absolute Gasteiger partial charge is 0.324 e. The Labute approximate surface area is 246 Å². The van der Waals surface area contributed by atoms with E-state index in [2.05, 4.69) is 16.0 Å². The van der Waals surface area contributed by atoms with Crippen molar-refractivity contribution in [2.75, 3.05) is 10.6 Å². The molecule has 0 fully saturated rings. The Morgan fingerprint density at radius 1 is 0.800 bits per heavy atom. The zero-order chi connectivity index (χ0) is 28.5. The molecule has 0 saturated heterocycles. The van der Waals surface area contributed by atoms with Crippen LogP contribution >= 0.6 is 35.0 Å². The standard InChI is InChI=1S/C31H25Cl2N3O3S/c1-20(29(37)35-27-17-12-23(32)19-26(27)33)40-25-15-13-24(14-16-25)34-31(39)28(18-21-8-4-2-5-9-21)36-30(38)22-10-6-3-7-11-22/h2-20H,1H3,(H,34,39)(H,35,37)(H,36,38)/b28-18-. The van der Waals surface area contributed by atoms with Crippen LogP contribution in [-0.4, -0.2) is 23.0 Å². The fraction of sp³-hybridized carbons (Fsp3) is 0.0645. The van der Waals surface area contributed by atoms with Crippen molar-refractivity contribution in [2.45, 2.75) is 17.1 Å². The third-order valence-corrected chi connectivity index (χ3v) is 7.28. The summed E-state index contributed by atoms with van der Waals surface area (Å²) in [5, 5.41) is 8.79. The van der Waals surface area contributed by atoms with Gasteiger partial charge in [0.2, 0.25) is 5.91 Å². The number of hydrogen-bond acceptors (Lipinski definition) is 4. The second-order valence-electron chi connectivity index (χ2n) is 8.64. The van der Waals surface area contributed by atoms with Crippen molar-refractivity contribution in [1.29, 1.82) is 0 Å². The summed E-state index contributed by atoms with van der Waals surface area (Å²) >= 11 is 13.4. The van der Waals surface area contributed by atoms with Gasteiger partial charge in [0.1, 0.15) is 5.70 Å². The van der Waals surface area contributed by atoms with Crippen molar-refractivity contribution in [3.05, 3.63) is 130 Å². The average molecular weight is 591 g/mol. The monoisotopic (exact) mass is 589 g/mol. The molecule has 4 rings (SSSR count). The molecular weight excluding hydrogens is 565 g/mol. The number of benzene rings is 4. The van der Waals surface area contributed by atoms with Gasteiger partial charge in [0.25, 0.3) is 11.8 Å². The number of thioether (sulfide) groups is 1. The molecule has 1 atom stereocenters. The Morgan fingerprint density at radius 3 is 2.10 bits per heavy atom. The lowest BCUT2D eigenvalue weighted by Crippen LogP contribution is -2.30. The van der Waals surface area contributed by atoms with Crippen molar-refractivity contribution in [1.82, 2.24) is 5.32 Å². The van der Waals surface area contributed by atoms with Gasteiger partial charge in [-0.3, -0.25) is 14.4 Å². The van der Waals surface area contributed by atoms with Gasteiger partial charge in [-0.25, -0.2) is 0 Å². The second kappa shape index (κ2) is 13.8. The van der Waals surface area contributed by atoms with Gasteiger partial charge in [0.15, 0.2) is 0 Å². The number of carbonyl (C=O) groups is 3. The molecule has 1 unspecified atom stereocenters. The van der Waals surface area contributed by atoms with Crippen LogP contribution in [-0.2, 0) is 9.59 Å². The second-order valence-corrected chi connectivity index (χ2v) is 10.9. The molecule has 0 saturated carbocycles. The van der Waals surface area contributed by atoms with E-state index in [-0.39, 0.29) is 11.6 Å². The molecule has 3 amide bonds. The summed E-state index contributed by atoms with van der Waals surface area (Å²) in [5.74, 6) is -1.07. The fourth-order valence-electron chi connectivity index (χ4n) is 3.56. The SMILES string of the molecule is CC(Sc1ccc(NC(=O)/C(=C/c2ccccc2)NC(=O)c2ccccc2)cc1)C(=O)Nc1ccc(Cl)cc1Cl. The van der Waals surface area contributed by atoms with Gasteiger partial charge >= 0.3 is 0 Å². The Hall–Kier alpha value is -4.04.